The molecule has 2 aromatic carbocycles. The number of rotatable bonds is 4. The maximum Gasteiger partial charge on any atom is 0.421 e. The standard InChI is InChI=1S/C19H20ClNO4/c1-18(12-23-17(22)21-20)13-24-19(25-14-18,15-8-4-2-5-9-15)16-10-6-3-7-11-16/h2-11H,12-14H2,1H3,(H,21,22). The van der Waals surface area contributed by atoms with Crippen LogP contribution in [0.2, 0.25) is 0 Å². The van der Waals surface area contributed by atoms with Crippen LogP contribution in [0.25, 0.3) is 0 Å². The molecule has 2 aromatic rings. The summed E-state index contributed by atoms with van der Waals surface area (Å²) < 4.78 is 17.6. The van der Waals surface area contributed by atoms with Gasteiger partial charge in [-0.25, -0.2) is 9.63 Å². The Morgan fingerprint density at radius 1 is 1.04 bits per heavy atom. The maximum absolute atomic E-state index is 11.2. The molecule has 1 amide bonds. The second-order valence-electron chi connectivity index (χ2n) is 6.41. The summed E-state index contributed by atoms with van der Waals surface area (Å²) in [5.74, 6) is -0.975. The molecule has 0 radical (unpaired) electrons. The predicted molar refractivity (Wildman–Crippen MR) is 94.0 cm³/mol. The molecule has 1 aliphatic rings. The van der Waals surface area contributed by atoms with Gasteiger partial charge in [-0.2, -0.15) is 0 Å². The van der Waals surface area contributed by atoms with Crippen molar-refractivity contribution in [3.05, 3.63) is 71.8 Å². The molecule has 0 spiro atoms. The summed E-state index contributed by atoms with van der Waals surface area (Å²) >= 11 is 5.23. The first-order chi connectivity index (χ1) is 12.1. The fourth-order valence-electron chi connectivity index (χ4n) is 2.80. The number of carbonyl (C=O) groups excluding carboxylic acids is 1. The van der Waals surface area contributed by atoms with Crippen LogP contribution in [0, 0.1) is 5.41 Å². The van der Waals surface area contributed by atoms with Crippen molar-refractivity contribution in [2.75, 3.05) is 19.8 Å². The Kier molecular flexibility index (Phi) is 5.27. The highest BCUT2D eigenvalue weighted by atomic mass is 35.5. The van der Waals surface area contributed by atoms with E-state index in [0.717, 1.165) is 11.1 Å². The number of ether oxygens (including phenoxy) is 3. The van der Waals surface area contributed by atoms with Gasteiger partial charge >= 0.3 is 6.09 Å². The van der Waals surface area contributed by atoms with Gasteiger partial charge in [0.15, 0.2) is 0 Å². The van der Waals surface area contributed by atoms with E-state index in [1.807, 2.05) is 72.4 Å². The third-order valence-corrected chi connectivity index (χ3v) is 4.34. The van der Waals surface area contributed by atoms with Gasteiger partial charge in [-0.15, -0.1) is 0 Å². The Morgan fingerprint density at radius 3 is 1.96 bits per heavy atom. The molecular formula is C19H20ClNO4. The van der Waals surface area contributed by atoms with E-state index in [4.69, 9.17) is 26.0 Å². The lowest BCUT2D eigenvalue weighted by Gasteiger charge is -2.44. The smallest absolute Gasteiger partial charge is 0.421 e. The maximum atomic E-state index is 11.2. The molecule has 5 nitrogen and oxygen atoms in total. The third kappa shape index (κ3) is 3.79. The van der Waals surface area contributed by atoms with Crippen molar-refractivity contribution in [3.8, 4) is 0 Å². The highest BCUT2D eigenvalue weighted by Crippen LogP contribution is 2.41. The zero-order chi connectivity index (χ0) is 17.8. The summed E-state index contributed by atoms with van der Waals surface area (Å²) in [6.45, 7) is 2.82. The molecule has 0 aromatic heterocycles. The molecule has 6 heteroatoms. The van der Waals surface area contributed by atoms with Gasteiger partial charge in [0, 0.05) is 28.3 Å². The van der Waals surface area contributed by atoms with Crippen molar-refractivity contribution in [3.63, 3.8) is 0 Å². The van der Waals surface area contributed by atoms with Gasteiger partial charge in [0.25, 0.3) is 0 Å². The molecule has 0 saturated carbocycles. The minimum atomic E-state index is -0.975. The average Bonchev–Trinajstić information content (AvgIpc) is 2.68. The Bertz CT molecular complexity index is 658. The predicted octanol–water partition coefficient (Wildman–Crippen LogP) is 3.82. The normalized spacial score (nSPS) is 18.3. The van der Waals surface area contributed by atoms with Gasteiger partial charge < -0.3 is 14.2 Å². The van der Waals surface area contributed by atoms with Gasteiger partial charge in [0.1, 0.15) is 6.61 Å². The van der Waals surface area contributed by atoms with E-state index >= 15 is 0 Å². The van der Waals surface area contributed by atoms with Gasteiger partial charge in [-0.3, -0.25) is 0 Å². The minimum absolute atomic E-state index is 0.144. The fraction of sp³-hybridized carbons (Fsp3) is 0.316. The summed E-state index contributed by atoms with van der Waals surface area (Å²) in [6, 6.07) is 19.6. The highest BCUT2D eigenvalue weighted by Gasteiger charge is 2.45. The van der Waals surface area contributed by atoms with Crippen LogP contribution in [0.1, 0.15) is 18.1 Å². The van der Waals surface area contributed by atoms with Crippen molar-refractivity contribution in [1.82, 2.24) is 4.84 Å². The average molecular weight is 362 g/mol. The van der Waals surface area contributed by atoms with Crippen LogP contribution in [0.4, 0.5) is 4.79 Å². The molecule has 0 unspecified atom stereocenters. The number of halogens is 1. The van der Waals surface area contributed by atoms with E-state index in [2.05, 4.69) is 0 Å². The molecule has 1 aliphatic heterocycles. The zero-order valence-electron chi connectivity index (χ0n) is 13.9. The molecule has 1 saturated heterocycles. The van der Waals surface area contributed by atoms with Gasteiger partial charge in [-0.05, 0) is 0 Å². The molecule has 1 heterocycles. The quantitative estimate of drug-likeness (QED) is 0.841. The Morgan fingerprint density at radius 2 is 1.52 bits per heavy atom. The van der Waals surface area contributed by atoms with Crippen molar-refractivity contribution < 1.29 is 19.0 Å². The van der Waals surface area contributed by atoms with E-state index in [1.165, 1.54) is 0 Å². The van der Waals surface area contributed by atoms with E-state index in [0.29, 0.717) is 13.2 Å². The lowest BCUT2D eigenvalue weighted by atomic mass is 9.89. The largest absolute Gasteiger partial charge is 0.448 e. The SMILES string of the molecule is CC1(COC(=O)NCl)COC(c2ccccc2)(c2ccccc2)OC1. The van der Waals surface area contributed by atoms with Crippen molar-refractivity contribution in [2.45, 2.75) is 12.7 Å². The lowest BCUT2D eigenvalue weighted by Crippen LogP contribution is -2.49. The molecule has 0 aliphatic carbocycles. The summed E-state index contributed by atoms with van der Waals surface area (Å²) in [7, 11) is 0. The summed E-state index contributed by atoms with van der Waals surface area (Å²) in [5, 5.41) is 0. The molecule has 0 atom stereocenters. The fourth-order valence-corrected chi connectivity index (χ4v) is 2.86. The monoisotopic (exact) mass is 361 g/mol. The topological polar surface area (TPSA) is 56.8 Å². The van der Waals surface area contributed by atoms with Gasteiger partial charge in [0.05, 0.1) is 13.2 Å². The number of hydrogen-bond donors (Lipinski definition) is 1. The van der Waals surface area contributed by atoms with Crippen LogP contribution in [0.3, 0.4) is 0 Å². The summed E-state index contributed by atoms with van der Waals surface area (Å²) in [4.78, 5) is 13.1. The van der Waals surface area contributed by atoms with E-state index in [9.17, 15) is 4.79 Å². The van der Waals surface area contributed by atoms with Crippen LogP contribution < -0.4 is 4.84 Å². The third-order valence-electron chi connectivity index (χ3n) is 4.18. The highest BCUT2D eigenvalue weighted by molar-refractivity contribution is 6.20. The number of hydrogen-bond acceptors (Lipinski definition) is 4. The van der Waals surface area contributed by atoms with Crippen LogP contribution in [-0.2, 0) is 20.0 Å². The van der Waals surface area contributed by atoms with E-state index in [-0.39, 0.29) is 6.61 Å². The van der Waals surface area contributed by atoms with Crippen LogP contribution in [0.5, 0.6) is 0 Å². The number of amides is 1. The number of carbonyl (C=O) groups is 1. The lowest BCUT2D eigenvalue weighted by molar-refractivity contribution is -0.291. The molecule has 1 fully saturated rings. The number of benzene rings is 2. The zero-order valence-corrected chi connectivity index (χ0v) is 14.7. The van der Waals surface area contributed by atoms with Crippen LogP contribution in [0.15, 0.2) is 60.7 Å². The first kappa shape index (κ1) is 17.7. The summed E-state index contributed by atoms with van der Waals surface area (Å²) in [6.07, 6.45) is -0.689. The van der Waals surface area contributed by atoms with Crippen LogP contribution >= 0.6 is 11.8 Å². The molecular weight excluding hydrogens is 342 g/mol. The molecule has 0 bridgehead atoms. The first-order valence-corrected chi connectivity index (χ1v) is 8.38. The second kappa shape index (κ2) is 7.44. The van der Waals surface area contributed by atoms with Crippen LogP contribution in [-0.4, -0.2) is 25.9 Å². The summed E-state index contributed by atoms with van der Waals surface area (Å²) in [5.41, 5.74) is 1.38. The van der Waals surface area contributed by atoms with Gasteiger partial charge in [0.2, 0.25) is 5.79 Å². The van der Waals surface area contributed by atoms with Crippen molar-refractivity contribution >= 4 is 17.9 Å². The Balaban J connectivity index is 1.84. The first-order valence-electron chi connectivity index (χ1n) is 8.00. The van der Waals surface area contributed by atoms with Gasteiger partial charge in [-0.1, -0.05) is 67.6 Å². The second-order valence-corrected chi connectivity index (χ2v) is 6.60. The van der Waals surface area contributed by atoms with E-state index in [1.54, 1.807) is 0 Å². The minimum Gasteiger partial charge on any atom is -0.448 e. The van der Waals surface area contributed by atoms with Crippen molar-refractivity contribution in [1.29, 1.82) is 0 Å². The Labute approximate surface area is 152 Å². The van der Waals surface area contributed by atoms with E-state index < -0.39 is 17.3 Å². The molecule has 1 N–H and O–H groups in total. The number of nitrogens with one attached hydrogen (secondary N) is 1. The van der Waals surface area contributed by atoms with Crippen molar-refractivity contribution in [2.24, 2.45) is 5.41 Å². The Hall–Kier alpha value is -2.08. The molecule has 132 valence electrons. The molecule has 25 heavy (non-hydrogen) atoms. The molecule has 3 rings (SSSR count).